The fourth-order valence-corrected chi connectivity index (χ4v) is 2.19. The molecule has 0 aromatic carbocycles. The summed E-state index contributed by atoms with van der Waals surface area (Å²) in [5, 5.41) is 12.7. The van der Waals surface area contributed by atoms with Gasteiger partial charge in [0.1, 0.15) is 23.2 Å². The van der Waals surface area contributed by atoms with Crippen molar-refractivity contribution in [3.8, 4) is 0 Å². The summed E-state index contributed by atoms with van der Waals surface area (Å²) in [6.07, 6.45) is -1.77. The van der Waals surface area contributed by atoms with Gasteiger partial charge in [0.25, 0.3) is 0 Å². The van der Waals surface area contributed by atoms with E-state index in [0.29, 0.717) is 11.3 Å². The zero-order chi connectivity index (χ0) is 17.1. The highest BCUT2D eigenvalue weighted by molar-refractivity contribution is 5.14. The number of alkyl halides is 3. The Labute approximate surface area is 132 Å². The van der Waals surface area contributed by atoms with Crippen molar-refractivity contribution >= 4 is 0 Å². The molecule has 2 rings (SSSR count). The van der Waals surface area contributed by atoms with Crippen LogP contribution in [-0.2, 0) is 12.0 Å². The molecule has 0 aliphatic rings. The third kappa shape index (κ3) is 4.80. The summed E-state index contributed by atoms with van der Waals surface area (Å²) in [5.41, 5.74) is -1.01. The molecule has 0 bridgehead atoms. The first-order chi connectivity index (χ1) is 10.7. The first kappa shape index (κ1) is 17.5. The number of halogens is 3. The standard InChI is InChI=1S/C16H19F3N2O2/c1-11-3-4-14(23-11)15(2,22)10-21-13(16(17,18)19)9-12-5-7-20-8-6-12/h3-8,13,21-22H,9-10H2,1-2H3/t13-,15-/m1/s1. The van der Waals surface area contributed by atoms with Gasteiger partial charge in [-0.05, 0) is 50.1 Å². The summed E-state index contributed by atoms with van der Waals surface area (Å²) in [6.45, 7) is 2.84. The fourth-order valence-electron chi connectivity index (χ4n) is 2.19. The molecule has 2 atom stereocenters. The Morgan fingerprint density at radius 2 is 1.87 bits per heavy atom. The summed E-state index contributed by atoms with van der Waals surface area (Å²) >= 11 is 0. The number of rotatable bonds is 6. The molecular formula is C16H19F3N2O2. The van der Waals surface area contributed by atoms with E-state index < -0.39 is 17.8 Å². The van der Waals surface area contributed by atoms with E-state index in [1.807, 2.05) is 0 Å². The normalized spacial score (nSPS) is 16.1. The number of nitrogens with zero attached hydrogens (tertiary/aromatic N) is 1. The van der Waals surface area contributed by atoms with Gasteiger partial charge in [-0.1, -0.05) is 0 Å². The lowest BCUT2D eigenvalue weighted by Crippen LogP contribution is -2.48. The Hall–Kier alpha value is -1.86. The maximum atomic E-state index is 13.2. The van der Waals surface area contributed by atoms with Crippen molar-refractivity contribution in [3.63, 3.8) is 0 Å². The first-order valence-electron chi connectivity index (χ1n) is 7.17. The molecule has 2 heterocycles. The molecule has 2 aromatic rings. The summed E-state index contributed by atoms with van der Waals surface area (Å²) in [6, 6.07) is 4.51. The molecule has 0 amide bonds. The predicted octanol–water partition coefficient (Wildman–Crippen LogP) is 2.95. The minimum absolute atomic E-state index is 0.229. The van der Waals surface area contributed by atoms with Gasteiger partial charge in [0.2, 0.25) is 0 Å². The van der Waals surface area contributed by atoms with E-state index in [-0.39, 0.29) is 18.7 Å². The van der Waals surface area contributed by atoms with Gasteiger partial charge in [-0.15, -0.1) is 0 Å². The molecule has 0 aliphatic carbocycles. The smallest absolute Gasteiger partial charge is 0.404 e. The van der Waals surface area contributed by atoms with E-state index in [2.05, 4.69) is 10.3 Å². The molecule has 0 saturated carbocycles. The van der Waals surface area contributed by atoms with Gasteiger partial charge in [-0.25, -0.2) is 0 Å². The topological polar surface area (TPSA) is 58.3 Å². The summed E-state index contributed by atoms with van der Waals surface area (Å²) in [5.74, 6) is 0.816. The van der Waals surface area contributed by atoms with Crippen LogP contribution in [0.4, 0.5) is 13.2 Å². The predicted molar refractivity (Wildman–Crippen MR) is 78.8 cm³/mol. The molecule has 0 saturated heterocycles. The van der Waals surface area contributed by atoms with Crippen molar-refractivity contribution in [2.75, 3.05) is 6.54 Å². The third-order valence-corrected chi connectivity index (χ3v) is 3.55. The zero-order valence-corrected chi connectivity index (χ0v) is 12.9. The fraction of sp³-hybridized carbons (Fsp3) is 0.438. The lowest BCUT2D eigenvalue weighted by atomic mass is 10.0. The lowest BCUT2D eigenvalue weighted by molar-refractivity contribution is -0.158. The van der Waals surface area contributed by atoms with E-state index in [0.717, 1.165) is 0 Å². The molecule has 2 aromatic heterocycles. The molecule has 0 radical (unpaired) electrons. The van der Waals surface area contributed by atoms with Gasteiger partial charge in [0.05, 0.1) is 0 Å². The summed E-state index contributed by atoms with van der Waals surface area (Å²) in [4.78, 5) is 3.79. The van der Waals surface area contributed by atoms with Crippen LogP contribution in [0.15, 0.2) is 41.1 Å². The summed E-state index contributed by atoms with van der Waals surface area (Å²) in [7, 11) is 0. The van der Waals surface area contributed by atoms with E-state index >= 15 is 0 Å². The van der Waals surface area contributed by atoms with Gasteiger partial charge in [-0.3, -0.25) is 4.98 Å². The molecule has 0 fully saturated rings. The van der Waals surface area contributed by atoms with Crippen LogP contribution in [0.5, 0.6) is 0 Å². The quantitative estimate of drug-likeness (QED) is 0.856. The van der Waals surface area contributed by atoms with Crippen LogP contribution in [0.2, 0.25) is 0 Å². The van der Waals surface area contributed by atoms with E-state index in [1.165, 1.54) is 31.5 Å². The van der Waals surface area contributed by atoms with Crippen molar-refractivity contribution in [3.05, 3.63) is 53.7 Å². The van der Waals surface area contributed by atoms with Gasteiger partial charge in [-0.2, -0.15) is 13.2 Å². The highest BCUT2D eigenvalue weighted by atomic mass is 19.4. The monoisotopic (exact) mass is 328 g/mol. The van der Waals surface area contributed by atoms with Crippen molar-refractivity contribution in [2.45, 2.75) is 38.1 Å². The van der Waals surface area contributed by atoms with E-state index in [4.69, 9.17) is 4.42 Å². The van der Waals surface area contributed by atoms with Crippen LogP contribution in [-0.4, -0.2) is 28.9 Å². The van der Waals surface area contributed by atoms with Crippen LogP contribution in [0.1, 0.15) is 24.0 Å². The van der Waals surface area contributed by atoms with Gasteiger partial charge < -0.3 is 14.8 Å². The number of hydrogen-bond acceptors (Lipinski definition) is 4. The second-order valence-electron chi connectivity index (χ2n) is 5.72. The Bertz CT molecular complexity index is 624. The van der Waals surface area contributed by atoms with Crippen molar-refractivity contribution < 1.29 is 22.7 Å². The number of pyridine rings is 1. The number of nitrogens with one attached hydrogen (secondary N) is 1. The van der Waals surface area contributed by atoms with Gasteiger partial charge >= 0.3 is 6.18 Å². The molecule has 0 aliphatic heterocycles. The molecule has 7 heteroatoms. The molecule has 23 heavy (non-hydrogen) atoms. The molecule has 2 N–H and O–H groups in total. The molecule has 126 valence electrons. The molecule has 0 unspecified atom stereocenters. The summed E-state index contributed by atoms with van der Waals surface area (Å²) < 4.78 is 44.9. The minimum Gasteiger partial charge on any atom is -0.463 e. The van der Waals surface area contributed by atoms with E-state index in [9.17, 15) is 18.3 Å². The Balaban J connectivity index is 2.06. The Morgan fingerprint density at radius 3 is 2.39 bits per heavy atom. The highest BCUT2D eigenvalue weighted by Crippen LogP contribution is 2.26. The Morgan fingerprint density at radius 1 is 1.22 bits per heavy atom. The second-order valence-corrected chi connectivity index (χ2v) is 5.72. The third-order valence-electron chi connectivity index (χ3n) is 3.55. The first-order valence-corrected chi connectivity index (χ1v) is 7.17. The highest BCUT2D eigenvalue weighted by Gasteiger charge is 2.41. The van der Waals surface area contributed by atoms with Crippen LogP contribution in [0.25, 0.3) is 0 Å². The van der Waals surface area contributed by atoms with Crippen LogP contribution in [0, 0.1) is 6.92 Å². The van der Waals surface area contributed by atoms with Gasteiger partial charge in [0, 0.05) is 18.9 Å². The minimum atomic E-state index is -4.43. The molecule has 0 spiro atoms. The SMILES string of the molecule is Cc1ccc([C@](C)(O)CN[C@H](Cc2ccncc2)C(F)(F)F)o1. The van der Waals surface area contributed by atoms with Crippen molar-refractivity contribution in [1.82, 2.24) is 10.3 Å². The number of hydrogen-bond donors (Lipinski definition) is 2. The number of furan rings is 1. The van der Waals surface area contributed by atoms with Crippen LogP contribution in [0.3, 0.4) is 0 Å². The zero-order valence-electron chi connectivity index (χ0n) is 12.9. The van der Waals surface area contributed by atoms with Crippen molar-refractivity contribution in [1.29, 1.82) is 0 Å². The molecule has 4 nitrogen and oxygen atoms in total. The van der Waals surface area contributed by atoms with Crippen LogP contribution < -0.4 is 5.32 Å². The van der Waals surface area contributed by atoms with E-state index in [1.54, 1.807) is 19.1 Å². The van der Waals surface area contributed by atoms with Crippen LogP contribution >= 0.6 is 0 Å². The number of aromatic nitrogens is 1. The maximum Gasteiger partial charge on any atom is 0.404 e. The Kier molecular flexibility index (Phi) is 5.11. The number of aryl methyl sites for hydroxylation is 1. The largest absolute Gasteiger partial charge is 0.463 e. The second kappa shape index (κ2) is 6.72. The number of aliphatic hydroxyl groups is 1. The van der Waals surface area contributed by atoms with Gasteiger partial charge in [0.15, 0.2) is 0 Å². The average Bonchev–Trinajstić information content (AvgIpc) is 2.91. The average molecular weight is 328 g/mol. The molecular weight excluding hydrogens is 309 g/mol. The van der Waals surface area contributed by atoms with Crippen molar-refractivity contribution in [2.24, 2.45) is 0 Å². The lowest BCUT2D eigenvalue weighted by Gasteiger charge is -2.27. The maximum absolute atomic E-state index is 13.2.